The quantitative estimate of drug-likeness (QED) is 0.171. The van der Waals surface area contributed by atoms with Crippen LogP contribution in [0.4, 0.5) is 17.1 Å². The smallest absolute Gasteiger partial charge is 0.0626 e. The molecule has 0 aliphatic carbocycles. The monoisotopic (exact) mass is 636 g/mol. The minimum Gasteiger partial charge on any atom is -0.311 e. The molecule has 0 fully saturated rings. The van der Waals surface area contributed by atoms with Crippen molar-refractivity contribution in [2.75, 3.05) is 4.90 Å². The van der Waals surface area contributed by atoms with E-state index in [-0.39, 0.29) is 0 Å². The number of para-hydroxylation sites is 3. The first-order valence-electron chi connectivity index (χ1n) is 17.2. The second-order valence-electron chi connectivity index (χ2n) is 12.9. The van der Waals surface area contributed by atoms with Gasteiger partial charge in [-0.15, -0.1) is 0 Å². The lowest BCUT2D eigenvalue weighted by molar-refractivity contribution is 1.19. The molecule has 0 saturated heterocycles. The molecule has 0 atom stereocenters. The van der Waals surface area contributed by atoms with Crippen molar-refractivity contribution in [1.82, 2.24) is 4.57 Å². The van der Waals surface area contributed by atoms with E-state index in [1.54, 1.807) is 0 Å². The van der Waals surface area contributed by atoms with Gasteiger partial charge in [0.1, 0.15) is 0 Å². The van der Waals surface area contributed by atoms with E-state index in [9.17, 15) is 0 Å². The van der Waals surface area contributed by atoms with Gasteiger partial charge in [-0.05, 0) is 87.3 Å². The van der Waals surface area contributed by atoms with Crippen molar-refractivity contribution in [2.24, 2.45) is 0 Å². The molecule has 0 radical (unpaired) electrons. The molecule has 2 heteroatoms. The zero-order valence-electron chi connectivity index (χ0n) is 27.4. The van der Waals surface area contributed by atoms with Crippen LogP contribution in [-0.4, -0.2) is 4.57 Å². The third-order valence-electron chi connectivity index (χ3n) is 10.1. The molecular formula is C48H32N2. The number of nitrogens with zero attached hydrogens (tertiary/aromatic N) is 2. The molecular weight excluding hydrogens is 605 g/mol. The molecule has 10 rings (SSSR count). The van der Waals surface area contributed by atoms with Crippen LogP contribution in [0.25, 0.3) is 70.9 Å². The molecule has 2 nitrogen and oxygen atoms in total. The van der Waals surface area contributed by atoms with Crippen molar-refractivity contribution < 1.29 is 0 Å². The predicted molar refractivity (Wildman–Crippen MR) is 213 cm³/mol. The molecule has 0 N–H and O–H groups in total. The lowest BCUT2D eigenvalue weighted by atomic mass is 9.93. The average Bonchev–Trinajstić information content (AvgIpc) is 3.54. The molecule has 0 saturated carbocycles. The van der Waals surface area contributed by atoms with Gasteiger partial charge in [0.25, 0.3) is 0 Å². The Morgan fingerprint density at radius 1 is 0.320 bits per heavy atom. The van der Waals surface area contributed by atoms with E-state index >= 15 is 0 Å². The summed E-state index contributed by atoms with van der Waals surface area (Å²) in [6.07, 6.45) is 0. The highest BCUT2D eigenvalue weighted by Gasteiger charge is 2.20. The SMILES string of the molecule is c1ccc(N(c2ccccc2)c2ccc(-c3ccc(-n4c5ccccc5c5c6c7ccccc7ccc6c6ccccc6c54)cc3)cc2)cc1. The van der Waals surface area contributed by atoms with Crippen LogP contribution >= 0.6 is 0 Å². The normalized spacial score (nSPS) is 11.6. The second-order valence-corrected chi connectivity index (χ2v) is 12.9. The summed E-state index contributed by atoms with van der Waals surface area (Å²) in [5.74, 6) is 0. The third-order valence-corrected chi connectivity index (χ3v) is 10.1. The highest BCUT2D eigenvalue weighted by atomic mass is 15.1. The van der Waals surface area contributed by atoms with E-state index in [4.69, 9.17) is 0 Å². The summed E-state index contributed by atoms with van der Waals surface area (Å²) in [4.78, 5) is 2.30. The van der Waals surface area contributed by atoms with Crippen molar-refractivity contribution in [3.63, 3.8) is 0 Å². The Morgan fingerprint density at radius 2 is 0.840 bits per heavy atom. The number of aromatic nitrogens is 1. The van der Waals surface area contributed by atoms with Crippen molar-refractivity contribution >= 4 is 71.2 Å². The Hall–Kier alpha value is -6.64. The first-order valence-corrected chi connectivity index (χ1v) is 17.2. The maximum atomic E-state index is 2.47. The number of fused-ring (bicyclic) bond motifs is 10. The highest BCUT2D eigenvalue weighted by Crippen LogP contribution is 2.45. The number of rotatable bonds is 5. The van der Waals surface area contributed by atoms with Gasteiger partial charge in [-0.2, -0.15) is 0 Å². The van der Waals surface area contributed by atoms with Gasteiger partial charge in [-0.3, -0.25) is 0 Å². The summed E-state index contributed by atoms with van der Waals surface area (Å²) >= 11 is 0. The van der Waals surface area contributed by atoms with E-state index in [2.05, 4.69) is 204 Å². The maximum absolute atomic E-state index is 2.47. The van der Waals surface area contributed by atoms with Crippen LogP contribution in [0, 0.1) is 0 Å². The van der Waals surface area contributed by atoms with Gasteiger partial charge in [0.2, 0.25) is 0 Å². The van der Waals surface area contributed by atoms with Crippen LogP contribution in [0.3, 0.4) is 0 Å². The van der Waals surface area contributed by atoms with Gasteiger partial charge in [0, 0.05) is 44.3 Å². The topological polar surface area (TPSA) is 8.17 Å². The molecule has 0 aliphatic heterocycles. The van der Waals surface area contributed by atoms with E-state index in [1.807, 2.05) is 0 Å². The molecule has 0 unspecified atom stereocenters. The van der Waals surface area contributed by atoms with Gasteiger partial charge in [-0.1, -0.05) is 140 Å². The van der Waals surface area contributed by atoms with E-state index < -0.39 is 0 Å². The Balaban J connectivity index is 1.13. The minimum absolute atomic E-state index is 1.12. The second kappa shape index (κ2) is 11.5. The van der Waals surface area contributed by atoms with Crippen molar-refractivity contribution in [1.29, 1.82) is 0 Å². The molecule has 9 aromatic carbocycles. The summed E-state index contributed by atoms with van der Waals surface area (Å²) < 4.78 is 2.47. The number of benzene rings is 9. The number of hydrogen-bond acceptors (Lipinski definition) is 1. The molecule has 0 aliphatic rings. The zero-order chi connectivity index (χ0) is 33.0. The Morgan fingerprint density at radius 3 is 1.52 bits per heavy atom. The van der Waals surface area contributed by atoms with E-state index in [1.165, 1.54) is 65.3 Å². The minimum atomic E-state index is 1.12. The molecule has 0 amide bonds. The van der Waals surface area contributed by atoms with Crippen LogP contribution in [0.1, 0.15) is 0 Å². The van der Waals surface area contributed by atoms with Gasteiger partial charge in [0.05, 0.1) is 11.0 Å². The largest absolute Gasteiger partial charge is 0.311 e. The molecule has 0 spiro atoms. The van der Waals surface area contributed by atoms with Crippen LogP contribution in [0.2, 0.25) is 0 Å². The predicted octanol–water partition coefficient (Wildman–Crippen LogP) is 13.4. The van der Waals surface area contributed by atoms with Gasteiger partial charge in [-0.25, -0.2) is 0 Å². The fourth-order valence-corrected chi connectivity index (χ4v) is 7.91. The summed E-state index contributed by atoms with van der Waals surface area (Å²) in [5.41, 5.74) is 9.39. The average molecular weight is 637 g/mol. The first kappa shape index (κ1) is 28.4. The van der Waals surface area contributed by atoms with Crippen LogP contribution in [0.15, 0.2) is 194 Å². The molecule has 50 heavy (non-hydrogen) atoms. The van der Waals surface area contributed by atoms with Crippen molar-refractivity contribution in [2.45, 2.75) is 0 Å². The Labute approximate surface area is 290 Å². The summed E-state index contributed by atoms with van der Waals surface area (Å²) in [6, 6.07) is 70.2. The van der Waals surface area contributed by atoms with E-state index in [0.29, 0.717) is 0 Å². The van der Waals surface area contributed by atoms with Crippen molar-refractivity contribution in [3.8, 4) is 16.8 Å². The standard InChI is InChI=1S/C48H32N2/c1-3-14-36(15-4-1)49(37-16-5-2-6-17-37)38-28-23-33(24-29-38)34-25-30-39(31-26-34)50-45-22-12-11-21-44(45)47-46-40-18-8-7-13-35(40)27-32-42(46)41-19-9-10-20-43(41)48(47)50/h1-32H. The molecule has 1 aromatic heterocycles. The lowest BCUT2D eigenvalue weighted by Gasteiger charge is -2.25. The maximum Gasteiger partial charge on any atom is 0.0626 e. The Kier molecular flexibility index (Phi) is 6.53. The fourth-order valence-electron chi connectivity index (χ4n) is 7.91. The van der Waals surface area contributed by atoms with Crippen LogP contribution in [-0.2, 0) is 0 Å². The third kappa shape index (κ3) is 4.43. The fraction of sp³-hybridized carbons (Fsp3) is 0. The first-order chi connectivity index (χ1) is 24.8. The summed E-state index contributed by atoms with van der Waals surface area (Å²) in [6.45, 7) is 0. The summed E-state index contributed by atoms with van der Waals surface area (Å²) in [7, 11) is 0. The number of hydrogen-bond donors (Lipinski definition) is 0. The zero-order valence-corrected chi connectivity index (χ0v) is 27.4. The summed E-state index contributed by atoms with van der Waals surface area (Å²) in [5, 5.41) is 10.3. The Bertz CT molecular complexity index is 2790. The van der Waals surface area contributed by atoms with Gasteiger partial charge < -0.3 is 9.47 Å². The molecule has 234 valence electrons. The van der Waals surface area contributed by atoms with Crippen LogP contribution < -0.4 is 4.90 Å². The van der Waals surface area contributed by atoms with Gasteiger partial charge in [0.15, 0.2) is 0 Å². The van der Waals surface area contributed by atoms with Gasteiger partial charge >= 0.3 is 0 Å². The number of anilines is 3. The highest BCUT2D eigenvalue weighted by molar-refractivity contribution is 6.36. The molecule has 10 aromatic rings. The van der Waals surface area contributed by atoms with E-state index in [0.717, 1.165) is 22.7 Å². The lowest BCUT2D eigenvalue weighted by Crippen LogP contribution is -2.09. The van der Waals surface area contributed by atoms with Crippen molar-refractivity contribution in [3.05, 3.63) is 194 Å². The molecule has 1 heterocycles. The van der Waals surface area contributed by atoms with Crippen LogP contribution in [0.5, 0.6) is 0 Å². The molecule has 0 bridgehead atoms.